The largest absolute Gasteiger partial charge is 0.339 e. The SMILES string of the molecule is O=C(C1CC(c2ccc(Br)s2)NN1)N1CCN(CCc2ccccn2)CC1. The summed E-state index contributed by atoms with van der Waals surface area (Å²) in [6.45, 7) is 4.46. The topological polar surface area (TPSA) is 60.5 Å². The van der Waals surface area contributed by atoms with Crippen molar-refractivity contribution in [3.63, 3.8) is 0 Å². The van der Waals surface area contributed by atoms with E-state index in [9.17, 15) is 4.79 Å². The lowest BCUT2D eigenvalue weighted by Crippen LogP contribution is -2.53. The lowest BCUT2D eigenvalue weighted by atomic mass is 10.1. The standard InChI is InChI=1S/C19H24BrN5OS/c20-18-5-4-17(27-18)15-13-16(23-22-15)19(26)25-11-9-24(10-12-25)8-6-14-3-1-2-7-21-14/h1-5,7,15-16,22-23H,6,8-13H2. The lowest BCUT2D eigenvalue weighted by molar-refractivity contribution is -0.134. The van der Waals surface area contributed by atoms with Crippen molar-refractivity contribution in [2.24, 2.45) is 0 Å². The third-order valence-corrected chi connectivity index (χ3v) is 6.97. The second-order valence-corrected chi connectivity index (χ2v) is 9.50. The Balaban J connectivity index is 1.23. The molecule has 2 aromatic rings. The van der Waals surface area contributed by atoms with E-state index in [2.05, 4.69) is 54.9 Å². The molecule has 0 aliphatic carbocycles. The van der Waals surface area contributed by atoms with Crippen LogP contribution in [0.25, 0.3) is 0 Å². The maximum atomic E-state index is 12.9. The number of carbonyl (C=O) groups excluding carboxylic acids is 1. The Morgan fingerprint density at radius 3 is 2.74 bits per heavy atom. The Labute approximate surface area is 172 Å². The highest BCUT2D eigenvalue weighted by atomic mass is 79.9. The molecule has 144 valence electrons. The number of nitrogens with one attached hydrogen (secondary N) is 2. The van der Waals surface area contributed by atoms with Gasteiger partial charge in [0.15, 0.2) is 0 Å². The van der Waals surface area contributed by atoms with Crippen molar-refractivity contribution in [1.82, 2.24) is 25.6 Å². The first-order valence-electron chi connectivity index (χ1n) is 9.36. The third kappa shape index (κ3) is 4.75. The molecule has 2 fully saturated rings. The lowest BCUT2D eigenvalue weighted by Gasteiger charge is -2.35. The molecule has 0 spiro atoms. The molecule has 0 bridgehead atoms. The minimum Gasteiger partial charge on any atom is -0.339 e. The van der Waals surface area contributed by atoms with Crippen LogP contribution < -0.4 is 10.9 Å². The molecule has 2 aliphatic rings. The first-order chi connectivity index (χ1) is 13.2. The van der Waals surface area contributed by atoms with Gasteiger partial charge in [0.25, 0.3) is 0 Å². The maximum Gasteiger partial charge on any atom is 0.241 e. The summed E-state index contributed by atoms with van der Waals surface area (Å²) >= 11 is 5.22. The van der Waals surface area contributed by atoms with Gasteiger partial charge >= 0.3 is 0 Å². The van der Waals surface area contributed by atoms with Gasteiger partial charge in [-0.25, -0.2) is 10.9 Å². The van der Waals surface area contributed by atoms with Crippen LogP contribution in [0.3, 0.4) is 0 Å². The van der Waals surface area contributed by atoms with E-state index < -0.39 is 0 Å². The van der Waals surface area contributed by atoms with Crippen LogP contribution >= 0.6 is 27.3 Å². The molecular weight excluding hydrogens is 426 g/mol. The van der Waals surface area contributed by atoms with Crippen molar-refractivity contribution in [2.75, 3.05) is 32.7 Å². The van der Waals surface area contributed by atoms with E-state index in [0.29, 0.717) is 0 Å². The Morgan fingerprint density at radius 1 is 1.19 bits per heavy atom. The minimum absolute atomic E-state index is 0.143. The summed E-state index contributed by atoms with van der Waals surface area (Å²) < 4.78 is 1.12. The fraction of sp³-hybridized carbons (Fsp3) is 0.474. The van der Waals surface area contributed by atoms with Gasteiger partial charge in [0.2, 0.25) is 5.91 Å². The first-order valence-corrected chi connectivity index (χ1v) is 11.0. The number of hydrogen-bond acceptors (Lipinski definition) is 6. The van der Waals surface area contributed by atoms with Gasteiger partial charge in [0, 0.05) is 55.9 Å². The van der Waals surface area contributed by atoms with E-state index in [-0.39, 0.29) is 18.0 Å². The summed E-state index contributed by atoms with van der Waals surface area (Å²) in [4.78, 5) is 22.9. The predicted molar refractivity (Wildman–Crippen MR) is 110 cm³/mol. The molecule has 1 amide bonds. The van der Waals surface area contributed by atoms with Crippen LogP contribution in [-0.2, 0) is 11.2 Å². The van der Waals surface area contributed by atoms with E-state index in [0.717, 1.165) is 55.0 Å². The predicted octanol–water partition coefficient (Wildman–Crippen LogP) is 2.20. The quantitative estimate of drug-likeness (QED) is 0.732. The molecule has 0 saturated carbocycles. The second-order valence-electron chi connectivity index (χ2n) is 7.01. The number of rotatable bonds is 5. The fourth-order valence-corrected chi connectivity index (χ4v) is 5.14. The van der Waals surface area contributed by atoms with Crippen LogP contribution in [0.1, 0.15) is 23.0 Å². The highest BCUT2D eigenvalue weighted by Crippen LogP contribution is 2.31. The molecule has 27 heavy (non-hydrogen) atoms. The molecule has 0 aromatic carbocycles. The van der Waals surface area contributed by atoms with Gasteiger partial charge in [0.1, 0.15) is 6.04 Å². The summed E-state index contributed by atoms with van der Waals surface area (Å²) in [7, 11) is 0. The molecule has 8 heteroatoms. The summed E-state index contributed by atoms with van der Waals surface area (Å²) in [6, 6.07) is 10.3. The third-order valence-electron chi connectivity index (χ3n) is 5.23. The Kier molecular flexibility index (Phi) is 6.19. The van der Waals surface area contributed by atoms with Gasteiger partial charge in [0.05, 0.1) is 9.83 Å². The Morgan fingerprint density at radius 2 is 2.04 bits per heavy atom. The van der Waals surface area contributed by atoms with Crippen LogP contribution in [0.2, 0.25) is 0 Å². The molecule has 2 aromatic heterocycles. The summed E-state index contributed by atoms with van der Waals surface area (Å²) in [5, 5.41) is 0. The van der Waals surface area contributed by atoms with E-state index in [1.165, 1.54) is 4.88 Å². The Bertz CT molecular complexity index is 762. The van der Waals surface area contributed by atoms with Gasteiger partial charge in [-0.05, 0) is 46.6 Å². The minimum atomic E-state index is -0.143. The van der Waals surface area contributed by atoms with E-state index in [1.807, 2.05) is 23.2 Å². The summed E-state index contributed by atoms with van der Waals surface area (Å²) in [5.41, 5.74) is 7.60. The molecule has 2 saturated heterocycles. The van der Waals surface area contributed by atoms with Gasteiger partial charge < -0.3 is 4.90 Å². The van der Waals surface area contributed by atoms with Gasteiger partial charge in [-0.3, -0.25) is 14.7 Å². The molecule has 2 N–H and O–H groups in total. The molecule has 4 heterocycles. The number of halogens is 1. The number of nitrogens with zero attached hydrogens (tertiary/aromatic N) is 3. The normalized spacial score (nSPS) is 23.7. The number of carbonyl (C=O) groups is 1. The first kappa shape index (κ1) is 19.0. The Hall–Kier alpha value is -1.32. The van der Waals surface area contributed by atoms with Crippen molar-refractivity contribution < 1.29 is 4.79 Å². The van der Waals surface area contributed by atoms with E-state index >= 15 is 0 Å². The number of thiophene rings is 1. The van der Waals surface area contributed by atoms with Crippen LogP contribution in [0, 0.1) is 0 Å². The number of piperazine rings is 1. The molecule has 6 nitrogen and oxygen atoms in total. The molecule has 2 aliphatic heterocycles. The van der Waals surface area contributed by atoms with Crippen molar-refractivity contribution >= 4 is 33.2 Å². The average Bonchev–Trinajstić information content (AvgIpc) is 3.36. The van der Waals surface area contributed by atoms with Crippen LogP contribution in [0.15, 0.2) is 40.3 Å². The average molecular weight is 450 g/mol. The maximum absolute atomic E-state index is 12.9. The number of aromatic nitrogens is 1. The molecule has 0 radical (unpaired) electrons. The van der Waals surface area contributed by atoms with Crippen LogP contribution in [-0.4, -0.2) is 59.5 Å². The number of pyridine rings is 1. The fourth-order valence-electron chi connectivity index (χ4n) is 3.65. The molecule has 2 unspecified atom stereocenters. The number of hydrogen-bond donors (Lipinski definition) is 2. The van der Waals surface area contributed by atoms with Crippen molar-refractivity contribution in [1.29, 1.82) is 0 Å². The van der Waals surface area contributed by atoms with Crippen molar-refractivity contribution in [3.8, 4) is 0 Å². The molecule has 4 rings (SSSR count). The number of hydrazine groups is 1. The van der Waals surface area contributed by atoms with Crippen LogP contribution in [0.5, 0.6) is 0 Å². The van der Waals surface area contributed by atoms with Crippen molar-refractivity contribution in [2.45, 2.75) is 24.9 Å². The second kappa shape index (κ2) is 8.79. The highest BCUT2D eigenvalue weighted by Gasteiger charge is 2.34. The molecular formula is C19H24BrN5OS. The highest BCUT2D eigenvalue weighted by molar-refractivity contribution is 9.11. The van der Waals surface area contributed by atoms with Gasteiger partial charge in [-0.1, -0.05) is 6.07 Å². The zero-order chi connectivity index (χ0) is 18.6. The van der Waals surface area contributed by atoms with Crippen LogP contribution in [0.4, 0.5) is 0 Å². The number of amides is 1. The molecule has 2 atom stereocenters. The monoisotopic (exact) mass is 449 g/mol. The smallest absolute Gasteiger partial charge is 0.241 e. The van der Waals surface area contributed by atoms with Gasteiger partial charge in [-0.15, -0.1) is 11.3 Å². The van der Waals surface area contributed by atoms with E-state index in [1.54, 1.807) is 11.3 Å². The summed E-state index contributed by atoms with van der Waals surface area (Å²) in [6.07, 6.45) is 3.60. The van der Waals surface area contributed by atoms with Gasteiger partial charge in [-0.2, -0.15) is 0 Å². The summed E-state index contributed by atoms with van der Waals surface area (Å²) in [5.74, 6) is 0.213. The zero-order valence-corrected chi connectivity index (χ0v) is 17.5. The van der Waals surface area contributed by atoms with E-state index in [4.69, 9.17) is 0 Å². The zero-order valence-electron chi connectivity index (χ0n) is 15.1. The van der Waals surface area contributed by atoms with Crippen molar-refractivity contribution in [3.05, 3.63) is 50.9 Å².